The average Bonchev–Trinajstić information content (AvgIpc) is 2.86. The van der Waals surface area contributed by atoms with Gasteiger partial charge < -0.3 is 16.0 Å². The number of nitrogen functional groups attached to an aromatic ring is 1. The quantitative estimate of drug-likeness (QED) is 0.840. The van der Waals surface area contributed by atoms with Crippen LogP contribution >= 0.6 is 15.9 Å². The highest BCUT2D eigenvalue weighted by Crippen LogP contribution is 2.33. The smallest absolute Gasteiger partial charge is 0.243 e. The van der Waals surface area contributed by atoms with Gasteiger partial charge in [0.1, 0.15) is 0 Å². The first-order chi connectivity index (χ1) is 10.1. The highest BCUT2D eigenvalue weighted by molar-refractivity contribution is 9.10. The second-order valence-corrected chi connectivity index (χ2v) is 5.91. The van der Waals surface area contributed by atoms with Gasteiger partial charge >= 0.3 is 0 Å². The summed E-state index contributed by atoms with van der Waals surface area (Å²) in [7, 11) is 0. The van der Waals surface area contributed by atoms with Gasteiger partial charge in [0.05, 0.1) is 23.6 Å². The Labute approximate surface area is 132 Å². The third-order valence-corrected chi connectivity index (χ3v) is 4.29. The number of carbonyl (C=O) groups excluding carboxylic acids is 1. The van der Waals surface area contributed by atoms with Gasteiger partial charge in [-0.05, 0) is 46.1 Å². The van der Waals surface area contributed by atoms with E-state index >= 15 is 0 Å². The molecule has 3 N–H and O–H groups in total. The molecule has 2 aromatic rings. The summed E-state index contributed by atoms with van der Waals surface area (Å²) in [4.78, 5) is 14.3. The Balaban J connectivity index is 1.72. The Hall–Kier alpha value is -2.01. The Morgan fingerprint density at radius 2 is 2.05 bits per heavy atom. The summed E-state index contributed by atoms with van der Waals surface area (Å²) < 4.78 is 0.875. The van der Waals surface area contributed by atoms with Crippen molar-refractivity contribution in [3.63, 3.8) is 0 Å². The lowest BCUT2D eigenvalue weighted by Gasteiger charge is -2.20. The number of anilines is 3. The first-order valence-electron chi connectivity index (χ1n) is 6.82. The van der Waals surface area contributed by atoms with E-state index in [1.807, 2.05) is 41.3 Å². The summed E-state index contributed by atoms with van der Waals surface area (Å²) >= 11 is 3.43. The molecule has 1 aliphatic heterocycles. The van der Waals surface area contributed by atoms with Crippen LogP contribution in [0.3, 0.4) is 0 Å². The number of fused-ring (bicyclic) bond motifs is 1. The second kappa shape index (κ2) is 5.77. The van der Waals surface area contributed by atoms with Crippen molar-refractivity contribution in [2.24, 2.45) is 0 Å². The number of hydrogen-bond donors (Lipinski definition) is 2. The van der Waals surface area contributed by atoms with Gasteiger partial charge in [-0.1, -0.05) is 24.3 Å². The van der Waals surface area contributed by atoms with Crippen molar-refractivity contribution in [1.29, 1.82) is 0 Å². The van der Waals surface area contributed by atoms with E-state index in [9.17, 15) is 4.79 Å². The molecule has 0 atom stereocenters. The average molecular weight is 346 g/mol. The van der Waals surface area contributed by atoms with Gasteiger partial charge in [-0.15, -0.1) is 0 Å². The second-order valence-electron chi connectivity index (χ2n) is 5.05. The Morgan fingerprint density at radius 3 is 2.86 bits per heavy atom. The summed E-state index contributed by atoms with van der Waals surface area (Å²) in [6.45, 7) is 1.13. The van der Waals surface area contributed by atoms with Gasteiger partial charge in [-0.25, -0.2) is 0 Å². The third-order valence-electron chi connectivity index (χ3n) is 3.60. The number of amides is 1. The molecule has 2 aromatic carbocycles. The Bertz CT molecular complexity index is 687. The molecular weight excluding hydrogens is 330 g/mol. The molecule has 108 valence electrons. The fraction of sp³-hybridized carbons (Fsp3) is 0.188. The summed E-state index contributed by atoms with van der Waals surface area (Å²) in [5.74, 6) is -0.0435. The first kappa shape index (κ1) is 13.9. The standard InChI is InChI=1S/C16H16BrN3O/c17-12-5-1-2-7-14(12)19-15(21)10-20-9-8-11-4-3-6-13(18)16(11)20/h1-7H,8-10,18H2,(H,19,21). The van der Waals surface area contributed by atoms with Crippen molar-refractivity contribution in [3.05, 3.63) is 52.5 Å². The van der Waals surface area contributed by atoms with E-state index in [4.69, 9.17) is 5.73 Å². The van der Waals surface area contributed by atoms with E-state index in [0.29, 0.717) is 6.54 Å². The molecule has 0 spiro atoms. The van der Waals surface area contributed by atoms with Crippen molar-refractivity contribution in [2.75, 3.05) is 29.0 Å². The predicted molar refractivity (Wildman–Crippen MR) is 89.5 cm³/mol. The van der Waals surface area contributed by atoms with Crippen LogP contribution in [0.5, 0.6) is 0 Å². The van der Waals surface area contributed by atoms with Crippen molar-refractivity contribution in [2.45, 2.75) is 6.42 Å². The maximum atomic E-state index is 12.2. The van der Waals surface area contributed by atoms with Crippen LogP contribution < -0.4 is 16.0 Å². The van der Waals surface area contributed by atoms with Gasteiger partial charge in [0.25, 0.3) is 0 Å². The molecule has 0 fully saturated rings. The van der Waals surface area contributed by atoms with Crippen LogP contribution in [-0.2, 0) is 11.2 Å². The maximum Gasteiger partial charge on any atom is 0.243 e. The summed E-state index contributed by atoms with van der Waals surface area (Å²) in [5.41, 5.74) is 9.76. The maximum absolute atomic E-state index is 12.2. The van der Waals surface area contributed by atoms with Crippen molar-refractivity contribution in [3.8, 4) is 0 Å². The fourth-order valence-corrected chi connectivity index (χ4v) is 3.03. The van der Waals surface area contributed by atoms with E-state index in [1.165, 1.54) is 5.56 Å². The number of nitrogens with two attached hydrogens (primary N) is 1. The van der Waals surface area contributed by atoms with Gasteiger partial charge in [-0.2, -0.15) is 0 Å². The predicted octanol–water partition coefficient (Wildman–Crippen LogP) is 3.03. The zero-order valence-corrected chi connectivity index (χ0v) is 13.1. The molecule has 1 amide bonds. The minimum absolute atomic E-state index is 0.0435. The summed E-state index contributed by atoms with van der Waals surface area (Å²) in [6, 6.07) is 13.5. The molecule has 0 saturated carbocycles. The van der Waals surface area contributed by atoms with Gasteiger partial charge in [0, 0.05) is 11.0 Å². The number of para-hydroxylation sites is 2. The number of nitrogens with one attached hydrogen (secondary N) is 1. The van der Waals surface area contributed by atoms with Crippen LogP contribution in [0.25, 0.3) is 0 Å². The van der Waals surface area contributed by atoms with E-state index in [1.54, 1.807) is 0 Å². The molecule has 0 saturated heterocycles. The third kappa shape index (κ3) is 2.88. The number of halogens is 1. The van der Waals surface area contributed by atoms with Gasteiger partial charge in [0.2, 0.25) is 5.91 Å². The summed E-state index contributed by atoms with van der Waals surface area (Å²) in [5, 5.41) is 2.92. The molecule has 21 heavy (non-hydrogen) atoms. The molecule has 3 rings (SSSR count). The van der Waals surface area contributed by atoms with E-state index in [-0.39, 0.29) is 5.91 Å². The Kier molecular flexibility index (Phi) is 3.84. The summed E-state index contributed by atoms with van der Waals surface area (Å²) in [6.07, 6.45) is 0.933. The lowest BCUT2D eigenvalue weighted by molar-refractivity contribution is -0.115. The van der Waals surface area contributed by atoms with E-state index < -0.39 is 0 Å². The highest BCUT2D eigenvalue weighted by atomic mass is 79.9. The molecular formula is C16H16BrN3O. The zero-order chi connectivity index (χ0) is 14.8. The normalized spacial score (nSPS) is 13.1. The molecule has 0 bridgehead atoms. The van der Waals surface area contributed by atoms with Gasteiger partial charge in [0.15, 0.2) is 0 Å². The van der Waals surface area contributed by atoms with Crippen molar-refractivity contribution in [1.82, 2.24) is 0 Å². The highest BCUT2D eigenvalue weighted by Gasteiger charge is 2.23. The molecule has 0 aromatic heterocycles. The molecule has 0 aliphatic carbocycles. The minimum Gasteiger partial charge on any atom is -0.397 e. The largest absolute Gasteiger partial charge is 0.397 e. The van der Waals surface area contributed by atoms with Crippen LogP contribution in [0.15, 0.2) is 46.9 Å². The monoisotopic (exact) mass is 345 g/mol. The Morgan fingerprint density at radius 1 is 1.24 bits per heavy atom. The number of nitrogens with zero attached hydrogens (tertiary/aromatic N) is 1. The molecule has 4 nitrogen and oxygen atoms in total. The zero-order valence-electron chi connectivity index (χ0n) is 11.5. The van der Waals surface area contributed by atoms with Crippen molar-refractivity contribution < 1.29 is 4.79 Å². The molecule has 1 heterocycles. The van der Waals surface area contributed by atoms with E-state index in [2.05, 4.69) is 27.3 Å². The van der Waals surface area contributed by atoms with Crippen LogP contribution in [0, 0.1) is 0 Å². The van der Waals surface area contributed by atoms with Crippen LogP contribution in [0.2, 0.25) is 0 Å². The lowest BCUT2D eigenvalue weighted by Crippen LogP contribution is -2.32. The van der Waals surface area contributed by atoms with Crippen LogP contribution in [0.4, 0.5) is 17.1 Å². The number of rotatable bonds is 3. The van der Waals surface area contributed by atoms with Crippen molar-refractivity contribution >= 4 is 38.9 Å². The lowest BCUT2D eigenvalue weighted by atomic mass is 10.1. The fourth-order valence-electron chi connectivity index (χ4n) is 2.65. The molecule has 0 unspecified atom stereocenters. The van der Waals surface area contributed by atoms with Gasteiger partial charge in [-0.3, -0.25) is 4.79 Å². The van der Waals surface area contributed by atoms with Crippen LogP contribution in [0.1, 0.15) is 5.56 Å². The number of hydrogen-bond acceptors (Lipinski definition) is 3. The SMILES string of the molecule is Nc1cccc2c1N(CC(=O)Nc1ccccc1Br)CC2. The topological polar surface area (TPSA) is 58.4 Å². The molecule has 5 heteroatoms. The number of carbonyl (C=O) groups is 1. The molecule has 1 aliphatic rings. The number of benzene rings is 2. The van der Waals surface area contributed by atoms with E-state index in [0.717, 1.165) is 34.5 Å². The minimum atomic E-state index is -0.0435. The first-order valence-corrected chi connectivity index (χ1v) is 7.61. The molecule has 0 radical (unpaired) electrons. The van der Waals surface area contributed by atoms with Crippen LogP contribution in [-0.4, -0.2) is 19.0 Å².